The molecule has 6 nitrogen and oxygen atoms in total. The van der Waals surface area contributed by atoms with Crippen LogP contribution in [0.3, 0.4) is 0 Å². The first kappa shape index (κ1) is 16.3. The molecule has 0 aromatic heterocycles. The number of benzene rings is 2. The summed E-state index contributed by atoms with van der Waals surface area (Å²) in [5.41, 5.74) is 1.87. The number of carbonyl (C=O) groups is 2. The first-order valence-corrected chi connectivity index (χ1v) is 7.71. The minimum atomic E-state index is -0.896. The predicted octanol–water partition coefficient (Wildman–Crippen LogP) is 2.91. The average molecular weight is 347 g/mol. The van der Waals surface area contributed by atoms with Gasteiger partial charge in [-0.25, -0.2) is 4.79 Å². The van der Waals surface area contributed by atoms with Gasteiger partial charge >= 0.3 is 6.09 Å². The zero-order valence-corrected chi connectivity index (χ0v) is 13.4. The minimum Gasteiger partial charge on any atom is -0.445 e. The van der Waals surface area contributed by atoms with Crippen molar-refractivity contribution >= 4 is 29.3 Å². The summed E-state index contributed by atoms with van der Waals surface area (Å²) < 4.78 is 5.10. The van der Waals surface area contributed by atoms with Gasteiger partial charge in [-0.15, -0.1) is 0 Å². The molecular weight excluding hydrogens is 332 g/mol. The summed E-state index contributed by atoms with van der Waals surface area (Å²) in [7, 11) is 0. The summed E-state index contributed by atoms with van der Waals surface area (Å²) in [4.78, 5) is 24.1. The lowest BCUT2D eigenvalue weighted by Gasteiger charge is -2.29. The van der Waals surface area contributed by atoms with Gasteiger partial charge in [0.2, 0.25) is 0 Å². The van der Waals surface area contributed by atoms with Gasteiger partial charge in [-0.2, -0.15) is 5.06 Å². The fourth-order valence-corrected chi connectivity index (χ4v) is 2.67. The second kappa shape index (κ2) is 6.90. The van der Waals surface area contributed by atoms with Gasteiger partial charge in [0, 0.05) is 11.4 Å². The number of anilines is 1. The lowest BCUT2D eigenvalue weighted by molar-refractivity contribution is -0.126. The quantitative estimate of drug-likeness (QED) is 0.837. The van der Waals surface area contributed by atoms with E-state index in [0.717, 1.165) is 5.56 Å². The molecule has 7 heteroatoms. The van der Waals surface area contributed by atoms with Crippen molar-refractivity contribution in [3.63, 3.8) is 0 Å². The third-order valence-corrected chi connectivity index (χ3v) is 3.95. The topological polar surface area (TPSA) is 78.9 Å². The van der Waals surface area contributed by atoms with Crippen molar-refractivity contribution < 1.29 is 19.5 Å². The van der Waals surface area contributed by atoms with Crippen LogP contribution < -0.4 is 10.4 Å². The summed E-state index contributed by atoms with van der Waals surface area (Å²) in [6.07, 6.45) is -0.467. The van der Waals surface area contributed by atoms with Crippen LogP contribution in [0.4, 0.5) is 10.5 Å². The van der Waals surface area contributed by atoms with Crippen LogP contribution in [0.2, 0.25) is 5.02 Å². The largest absolute Gasteiger partial charge is 0.445 e. The molecule has 2 aromatic rings. The molecule has 2 N–H and O–H groups in total. The minimum absolute atomic E-state index is 0.0998. The number of halogens is 1. The number of nitrogens with zero attached hydrogens (tertiary/aromatic N) is 1. The molecule has 1 aliphatic heterocycles. The molecule has 2 amide bonds. The number of alkyl carbamates (subject to hydrolysis) is 1. The lowest BCUT2D eigenvalue weighted by atomic mass is 9.99. The summed E-state index contributed by atoms with van der Waals surface area (Å²) in [5, 5.41) is 13.4. The molecule has 3 rings (SSSR count). The van der Waals surface area contributed by atoms with Crippen molar-refractivity contribution in [1.82, 2.24) is 5.32 Å². The zero-order chi connectivity index (χ0) is 17.1. The Bertz CT molecular complexity index is 766. The molecular formula is C17H15ClN2O4. The van der Waals surface area contributed by atoms with Gasteiger partial charge < -0.3 is 10.1 Å². The summed E-state index contributed by atoms with van der Waals surface area (Å²) in [6.45, 7) is 0.0998. The van der Waals surface area contributed by atoms with Crippen LogP contribution in [0, 0.1) is 0 Å². The maximum Gasteiger partial charge on any atom is 0.408 e. The maximum atomic E-state index is 12.2. The highest BCUT2D eigenvalue weighted by Crippen LogP contribution is 2.29. The fourth-order valence-electron chi connectivity index (χ4n) is 2.50. The van der Waals surface area contributed by atoms with Crippen LogP contribution in [0.5, 0.6) is 0 Å². The van der Waals surface area contributed by atoms with Crippen LogP contribution >= 0.6 is 11.6 Å². The smallest absolute Gasteiger partial charge is 0.408 e. The van der Waals surface area contributed by atoms with Gasteiger partial charge in [0.25, 0.3) is 5.91 Å². The molecule has 1 aliphatic rings. The van der Waals surface area contributed by atoms with Crippen molar-refractivity contribution in [2.45, 2.75) is 19.1 Å². The van der Waals surface area contributed by atoms with Crippen LogP contribution in [-0.4, -0.2) is 23.2 Å². The third kappa shape index (κ3) is 3.50. The number of amides is 2. The van der Waals surface area contributed by atoms with Gasteiger partial charge in [0.1, 0.15) is 12.6 Å². The monoisotopic (exact) mass is 346 g/mol. The van der Waals surface area contributed by atoms with Gasteiger partial charge in [-0.1, -0.05) is 48.0 Å². The Morgan fingerprint density at radius 3 is 2.79 bits per heavy atom. The van der Waals surface area contributed by atoms with Crippen molar-refractivity contribution in [2.75, 3.05) is 5.06 Å². The van der Waals surface area contributed by atoms with E-state index in [0.29, 0.717) is 21.3 Å². The van der Waals surface area contributed by atoms with E-state index in [4.69, 9.17) is 16.3 Å². The van der Waals surface area contributed by atoms with Crippen LogP contribution in [0.25, 0.3) is 0 Å². The number of hydroxylamine groups is 1. The van der Waals surface area contributed by atoms with E-state index < -0.39 is 18.0 Å². The Labute approximate surface area is 143 Å². The highest BCUT2D eigenvalue weighted by Gasteiger charge is 2.33. The molecule has 124 valence electrons. The number of hydrogen-bond donors (Lipinski definition) is 2. The number of rotatable bonds is 3. The van der Waals surface area contributed by atoms with Crippen molar-refractivity contribution in [2.24, 2.45) is 0 Å². The molecule has 1 atom stereocenters. The highest BCUT2D eigenvalue weighted by molar-refractivity contribution is 6.31. The van der Waals surface area contributed by atoms with E-state index in [1.165, 1.54) is 6.07 Å². The van der Waals surface area contributed by atoms with Crippen molar-refractivity contribution in [3.8, 4) is 0 Å². The number of hydrogen-bond acceptors (Lipinski definition) is 4. The molecule has 1 heterocycles. The Kier molecular flexibility index (Phi) is 4.69. The molecule has 0 saturated carbocycles. The fraction of sp³-hybridized carbons (Fsp3) is 0.176. The second-order valence-corrected chi connectivity index (χ2v) is 5.82. The molecule has 0 spiro atoms. The van der Waals surface area contributed by atoms with Crippen LogP contribution in [0.1, 0.15) is 11.1 Å². The highest BCUT2D eigenvalue weighted by atomic mass is 35.5. The van der Waals surface area contributed by atoms with Crippen LogP contribution in [-0.2, 0) is 22.6 Å². The first-order chi connectivity index (χ1) is 11.5. The SMILES string of the molecule is O=C(NC1Cc2ccc(Cl)cc2N(O)C1=O)OCc1ccccc1. The number of fused-ring (bicyclic) bond motifs is 1. The molecule has 0 radical (unpaired) electrons. The van der Waals surface area contributed by atoms with Crippen molar-refractivity contribution in [1.29, 1.82) is 0 Å². The van der Waals surface area contributed by atoms with E-state index >= 15 is 0 Å². The van der Waals surface area contributed by atoms with Gasteiger partial charge in [0.05, 0.1) is 5.69 Å². The van der Waals surface area contributed by atoms with Gasteiger partial charge in [-0.05, 0) is 23.3 Å². The number of nitrogens with one attached hydrogen (secondary N) is 1. The molecule has 0 fully saturated rings. The number of carbonyl (C=O) groups excluding carboxylic acids is 2. The summed E-state index contributed by atoms with van der Waals surface area (Å²) in [5.74, 6) is -0.638. The van der Waals surface area contributed by atoms with Crippen LogP contribution in [0.15, 0.2) is 48.5 Å². The molecule has 0 bridgehead atoms. The normalized spacial score (nSPS) is 16.5. The lowest BCUT2D eigenvalue weighted by Crippen LogP contribution is -2.51. The Balaban J connectivity index is 1.64. The average Bonchev–Trinajstić information content (AvgIpc) is 2.59. The Morgan fingerprint density at radius 1 is 1.29 bits per heavy atom. The van der Waals surface area contributed by atoms with E-state index in [1.54, 1.807) is 12.1 Å². The second-order valence-electron chi connectivity index (χ2n) is 5.39. The molecule has 2 aromatic carbocycles. The standard InChI is InChI=1S/C17H15ClN2O4/c18-13-7-6-12-8-14(16(21)20(23)15(12)9-13)19-17(22)24-10-11-4-2-1-3-5-11/h1-7,9,14,23H,8,10H2,(H,19,22). The van der Waals surface area contributed by atoms with E-state index in [-0.39, 0.29) is 13.0 Å². The number of ether oxygens (including phenoxy) is 1. The Hall–Kier alpha value is -2.57. The third-order valence-electron chi connectivity index (χ3n) is 3.71. The maximum absolute atomic E-state index is 12.2. The molecule has 0 saturated heterocycles. The summed E-state index contributed by atoms with van der Waals surface area (Å²) in [6, 6.07) is 13.2. The van der Waals surface area contributed by atoms with Gasteiger partial charge in [-0.3, -0.25) is 10.0 Å². The molecule has 0 aliphatic carbocycles. The van der Waals surface area contributed by atoms with Gasteiger partial charge in [0.15, 0.2) is 0 Å². The van der Waals surface area contributed by atoms with Crippen molar-refractivity contribution in [3.05, 3.63) is 64.7 Å². The zero-order valence-electron chi connectivity index (χ0n) is 12.6. The van der Waals surface area contributed by atoms with E-state index in [9.17, 15) is 14.8 Å². The van der Waals surface area contributed by atoms with E-state index in [1.807, 2.05) is 30.3 Å². The molecule has 24 heavy (non-hydrogen) atoms. The van der Waals surface area contributed by atoms with E-state index in [2.05, 4.69) is 5.32 Å². The first-order valence-electron chi connectivity index (χ1n) is 7.33. The predicted molar refractivity (Wildman–Crippen MR) is 88.0 cm³/mol. The molecule has 1 unspecified atom stereocenters. The Morgan fingerprint density at radius 2 is 2.04 bits per heavy atom. The summed E-state index contributed by atoms with van der Waals surface area (Å²) >= 11 is 5.87.